The van der Waals surface area contributed by atoms with Crippen LogP contribution in [-0.2, 0) is 0 Å². The van der Waals surface area contributed by atoms with Crippen LogP contribution in [0.15, 0.2) is 37.4 Å². The fourth-order valence-corrected chi connectivity index (χ4v) is 1.48. The molecule has 0 saturated carbocycles. The summed E-state index contributed by atoms with van der Waals surface area (Å²) in [5.41, 5.74) is 3.62. The maximum absolute atomic E-state index is 4.16. The van der Waals surface area contributed by atoms with Crippen LogP contribution in [0.5, 0.6) is 0 Å². The minimum Gasteiger partial charge on any atom is -0.0984 e. The van der Waals surface area contributed by atoms with Crippen LogP contribution in [0, 0.1) is 5.92 Å². The molecule has 0 nitrogen and oxygen atoms in total. The van der Waals surface area contributed by atoms with E-state index in [9.17, 15) is 0 Å². The molecule has 0 aromatic heterocycles. The molecule has 0 aliphatic carbocycles. The van der Waals surface area contributed by atoms with E-state index < -0.39 is 0 Å². The second-order valence-corrected chi connectivity index (χ2v) is 3.63. The highest BCUT2D eigenvalue weighted by atomic mass is 14.1. The van der Waals surface area contributed by atoms with Gasteiger partial charge < -0.3 is 0 Å². The standard InChI is InChI=1S/C14H18/c1-5-11(3)12(4)14-10-8-7-9-13(14)6-2/h6-11H,2,4-5H2,1,3H3. The van der Waals surface area contributed by atoms with Gasteiger partial charge in [0.15, 0.2) is 0 Å². The van der Waals surface area contributed by atoms with Gasteiger partial charge in [-0.15, -0.1) is 0 Å². The largest absolute Gasteiger partial charge is 0.0984 e. The summed E-state index contributed by atoms with van der Waals surface area (Å²) in [5, 5.41) is 0. The average molecular weight is 186 g/mol. The van der Waals surface area contributed by atoms with E-state index in [0.717, 1.165) is 6.42 Å². The summed E-state index contributed by atoms with van der Waals surface area (Å²) in [7, 11) is 0. The molecule has 1 rings (SSSR count). The lowest BCUT2D eigenvalue weighted by Gasteiger charge is -2.14. The Labute approximate surface area is 87.0 Å². The van der Waals surface area contributed by atoms with E-state index in [0.29, 0.717) is 5.92 Å². The van der Waals surface area contributed by atoms with Crippen LogP contribution in [0.4, 0.5) is 0 Å². The van der Waals surface area contributed by atoms with E-state index in [1.807, 2.05) is 12.1 Å². The molecule has 14 heavy (non-hydrogen) atoms. The Hall–Kier alpha value is -1.30. The van der Waals surface area contributed by atoms with Gasteiger partial charge in [-0.25, -0.2) is 0 Å². The third-order valence-electron chi connectivity index (χ3n) is 2.73. The molecule has 1 atom stereocenters. The number of hydrogen-bond donors (Lipinski definition) is 0. The van der Waals surface area contributed by atoms with Crippen LogP contribution >= 0.6 is 0 Å². The van der Waals surface area contributed by atoms with E-state index >= 15 is 0 Å². The Bertz CT molecular complexity index is 334. The highest BCUT2D eigenvalue weighted by Gasteiger charge is 2.08. The zero-order valence-electron chi connectivity index (χ0n) is 9.09. The van der Waals surface area contributed by atoms with E-state index in [2.05, 4.69) is 45.2 Å². The van der Waals surface area contributed by atoms with Crippen LogP contribution in [0.3, 0.4) is 0 Å². The van der Waals surface area contributed by atoms with Crippen LogP contribution in [0.25, 0.3) is 11.6 Å². The van der Waals surface area contributed by atoms with Gasteiger partial charge in [0.1, 0.15) is 0 Å². The second-order valence-electron chi connectivity index (χ2n) is 3.63. The molecule has 0 fully saturated rings. The van der Waals surface area contributed by atoms with Crippen molar-refractivity contribution in [3.8, 4) is 0 Å². The van der Waals surface area contributed by atoms with Crippen molar-refractivity contribution in [2.45, 2.75) is 20.3 Å². The Morgan fingerprint density at radius 2 is 2.07 bits per heavy atom. The predicted octanol–water partition coefficient (Wildman–Crippen LogP) is 4.39. The number of hydrogen-bond acceptors (Lipinski definition) is 0. The molecule has 0 heteroatoms. The average Bonchev–Trinajstić information content (AvgIpc) is 2.26. The molecule has 0 radical (unpaired) electrons. The van der Waals surface area contributed by atoms with Crippen LogP contribution in [-0.4, -0.2) is 0 Å². The van der Waals surface area contributed by atoms with Gasteiger partial charge in [-0.3, -0.25) is 0 Å². The van der Waals surface area contributed by atoms with Crippen molar-refractivity contribution >= 4 is 11.6 Å². The quantitative estimate of drug-likeness (QED) is 0.654. The summed E-state index contributed by atoms with van der Waals surface area (Å²) in [4.78, 5) is 0. The fraction of sp³-hybridized carbons (Fsp3) is 0.286. The number of benzene rings is 1. The van der Waals surface area contributed by atoms with E-state index in [-0.39, 0.29) is 0 Å². The first-order valence-electron chi connectivity index (χ1n) is 5.11. The van der Waals surface area contributed by atoms with E-state index in [1.54, 1.807) is 0 Å². The molecule has 1 aromatic carbocycles. The summed E-state index contributed by atoms with van der Waals surface area (Å²) in [6.45, 7) is 12.4. The summed E-state index contributed by atoms with van der Waals surface area (Å²) in [6.07, 6.45) is 3.02. The minimum atomic E-state index is 0.538. The zero-order chi connectivity index (χ0) is 10.6. The van der Waals surface area contributed by atoms with Gasteiger partial charge in [-0.2, -0.15) is 0 Å². The van der Waals surface area contributed by atoms with Gasteiger partial charge >= 0.3 is 0 Å². The molecule has 0 spiro atoms. The zero-order valence-corrected chi connectivity index (χ0v) is 9.09. The van der Waals surface area contributed by atoms with Gasteiger partial charge in [0.05, 0.1) is 0 Å². The maximum atomic E-state index is 4.16. The fourth-order valence-electron chi connectivity index (χ4n) is 1.48. The third kappa shape index (κ3) is 2.14. The van der Waals surface area contributed by atoms with Gasteiger partial charge in [-0.1, -0.05) is 57.3 Å². The Balaban J connectivity index is 3.05. The van der Waals surface area contributed by atoms with E-state index in [1.165, 1.54) is 16.7 Å². The molecule has 0 saturated heterocycles. The van der Waals surface area contributed by atoms with Gasteiger partial charge in [0.25, 0.3) is 0 Å². The molecule has 0 heterocycles. The van der Waals surface area contributed by atoms with Gasteiger partial charge in [-0.05, 0) is 29.0 Å². The molecule has 74 valence electrons. The van der Waals surface area contributed by atoms with Crippen LogP contribution in [0.1, 0.15) is 31.4 Å². The smallest absolute Gasteiger partial charge is 0.0155 e. The predicted molar refractivity (Wildman–Crippen MR) is 65.0 cm³/mol. The first-order chi connectivity index (χ1) is 6.70. The summed E-state index contributed by atoms with van der Waals surface area (Å²) in [5.74, 6) is 0.538. The Morgan fingerprint density at radius 3 is 2.64 bits per heavy atom. The van der Waals surface area contributed by atoms with Crippen molar-refractivity contribution in [3.05, 3.63) is 48.6 Å². The first-order valence-corrected chi connectivity index (χ1v) is 5.11. The van der Waals surface area contributed by atoms with Crippen molar-refractivity contribution in [1.29, 1.82) is 0 Å². The lowest BCUT2D eigenvalue weighted by molar-refractivity contribution is 0.719. The topological polar surface area (TPSA) is 0 Å². The molecular formula is C14H18. The molecule has 0 aliphatic heterocycles. The lowest BCUT2D eigenvalue weighted by Crippen LogP contribution is -1.97. The molecule has 1 aromatic rings. The maximum Gasteiger partial charge on any atom is -0.0155 e. The third-order valence-corrected chi connectivity index (χ3v) is 2.73. The lowest BCUT2D eigenvalue weighted by atomic mass is 9.90. The SMILES string of the molecule is C=Cc1ccccc1C(=C)C(C)CC. The molecule has 0 N–H and O–H groups in total. The minimum absolute atomic E-state index is 0.538. The van der Waals surface area contributed by atoms with Gasteiger partial charge in [0, 0.05) is 0 Å². The summed E-state index contributed by atoms with van der Waals surface area (Å²) < 4.78 is 0. The Morgan fingerprint density at radius 1 is 1.43 bits per heavy atom. The highest BCUT2D eigenvalue weighted by molar-refractivity contribution is 5.73. The summed E-state index contributed by atoms with van der Waals surface area (Å²) in [6, 6.07) is 8.28. The van der Waals surface area contributed by atoms with Crippen molar-refractivity contribution in [1.82, 2.24) is 0 Å². The normalized spacial score (nSPS) is 12.1. The summed E-state index contributed by atoms with van der Waals surface area (Å²) >= 11 is 0. The molecule has 0 amide bonds. The molecule has 0 aliphatic rings. The van der Waals surface area contributed by atoms with Gasteiger partial charge in [0.2, 0.25) is 0 Å². The van der Waals surface area contributed by atoms with Crippen LogP contribution < -0.4 is 0 Å². The van der Waals surface area contributed by atoms with E-state index in [4.69, 9.17) is 0 Å². The molecule has 1 unspecified atom stereocenters. The van der Waals surface area contributed by atoms with Crippen molar-refractivity contribution in [2.24, 2.45) is 5.92 Å². The van der Waals surface area contributed by atoms with Crippen molar-refractivity contribution in [3.63, 3.8) is 0 Å². The highest BCUT2D eigenvalue weighted by Crippen LogP contribution is 2.26. The number of rotatable bonds is 4. The monoisotopic (exact) mass is 186 g/mol. The number of allylic oxidation sites excluding steroid dienone is 1. The van der Waals surface area contributed by atoms with Crippen molar-refractivity contribution < 1.29 is 0 Å². The molecular weight excluding hydrogens is 168 g/mol. The second kappa shape index (κ2) is 4.80. The Kier molecular flexibility index (Phi) is 3.70. The van der Waals surface area contributed by atoms with Crippen LogP contribution in [0.2, 0.25) is 0 Å². The first kappa shape index (κ1) is 10.8. The molecule has 0 bridgehead atoms. The van der Waals surface area contributed by atoms with Crippen molar-refractivity contribution in [2.75, 3.05) is 0 Å².